The number of thioether (sulfide) groups is 1. The molecule has 1 saturated heterocycles. The van der Waals surface area contributed by atoms with Crippen LogP contribution in [0, 0.1) is 5.92 Å². The zero-order valence-electron chi connectivity index (χ0n) is 12.8. The van der Waals surface area contributed by atoms with E-state index in [1.165, 1.54) is 43.9 Å². The van der Waals surface area contributed by atoms with Crippen molar-refractivity contribution in [3.05, 3.63) is 11.0 Å². The van der Waals surface area contributed by atoms with Gasteiger partial charge in [-0.1, -0.05) is 62.2 Å². The molecular formula is C16H23NO3S2. The first-order chi connectivity index (χ1) is 10.6. The van der Waals surface area contributed by atoms with Gasteiger partial charge in [-0.05, 0) is 25.2 Å². The molecule has 0 bridgehead atoms. The molecule has 0 atom stereocenters. The lowest BCUT2D eigenvalue weighted by Crippen LogP contribution is -2.29. The Morgan fingerprint density at radius 2 is 1.91 bits per heavy atom. The maximum atomic E-state index is 12.4. The van der Waals surface area contributed by atoms with Gasteiger partial charge in [0.05, 0.1) is 4.91 Å². The van der Waals surface area contributed by atoms with Crippen molar-refractivity contribution in [3.8, 4) is 0 Å². The summed E-state index contributed by atoms with van der Waals surface area (Å²) in [6, 6.07) is 0. The average Bonchev–Trinajstić information content (AvgIpc) is 2.68. The zero-order chi connectivity index (χ0) is 15.9. The van der Waals surface area contributed by atoms with Gasteiger partial charge in [-0.3, -0.25) is 14.5 Å². The number of nitrogens with zero attached hydrogens (tertiary/aromatic N) is 1. The Bertz CT molecular complexity index is 468. The molecule has 2 rings (SSSR count). The SMILES string of the molecule is O=C(O)CCCN1C(=O)/C(=C/C2CCCCCCC2)SC1=S. The fourth-order valence-electron chi connectivity index (χ4n) is 2.96. The van der Waals surface area contributed by atoms with Gasteiger partial charge in [-0.25, -0.2) is 0 Å². The number of allylic oxidation sites excluding steroid dienone is 1. The molecule has 1 amide bonds. The number of rotatable bonds is 5. The molecule has 0 spiro atoms. The van der Waals surface area contributed by atoms with Gasteiger partial charge < -0.3 is 5.11 Å². The predicted octanol–water partition coefficient (Wildman–Crippen LogP) is 3.96. The fraction of sp³-hybridized carbons (Fsp3) is 0.688. The van der Waals surface area contributed by atoms with Gasteiger partial charge in [0.1, 0.15) is 4.32 Å². The lowest BCUT2D eigenvalue weighted by Gasteiger charge is -2.16. The smallest absolute Gasteiger partial charge is 0.303 e. The fourth-order valence-corrected chi connectivity index (χ4v) is 4.34. The maximum Gasteiger partial charge on any atom is 0.303 e. The number of carboxylic acid groups (broad SMARTS) is 1. The van der Waals surface area contributed by atoms with Crippen molar-refractivity contribution in [2.45, 2.75) is 57.8 Å². The highest BCUT2D eigenvalue weighted by atomic mass is 32.2. The van der Waals surface area contributed by atoms with Crippen LogP contribution in [0.4, 0.5) is 0 Å². The Morgan fingerprint density at radius 3 is 2.55 bits per heavy atom. The molecule has 1 aliphatic heterocycles. The first-order valence-electron chi connectivity index (χ1n) is 8.05. The number of carbonyl (C=O) groups is 2. The molecule has 6 heteroatoms. The number of amides is 1. The topological polar surface area (TPSA) is 57.6 Å². The molecule has 1 saturated carbocycles. The van der Waals surface area contributed by atoms with Gasteiger partial charge in [0.2, 0.25) is 0 Å². The van der Waals surface area contributed by atoms with E-state index in [-0.39, 0.29) is 12.3 Å². The maximum absolute atomic E-state index is 12.4. The largest absolute Gasteiger partial charge is 0.481 e. The second-order valence-corrected chi connectivity index (χ2v) is 7.63. The van der Waals surface area contributed by atoms with E-state index in [1.54, 1.807) is 4.90 Å². The third-order valence-electron chi connectivity index (χ3n) is 4.18. The molecule has 2 aliphatic rings. The first-order valence-corrected chi connectivity index (χ1v) is 9.27. The summed E-state index contributed by atoms with van der Waals surface area (Å²) < 4.78 is 0.562. The van der Waals surface area contributed by atoms with E-state index < -0.39 is 5.97 Å². The number of carboxylic acids is 1. The average molecular weight is 341 g/mol. The van der Waals surface area contributed by atoms with E-state index in [4.69, 9.17) is 17.3 Å². The Kier molecular flexibility index (Phi) is 6.89. The van der Waals surface area contributed by atoms with Gasteiger partial charge in [-0.2, -0.15) is 0 Å². The summed E-state index contributed by atoms with van der Waals surface area (Å²) in [5, 5.41) is 8.68. The van der Waals surface area contributed by atoms with Gasteiger partial charge in [0.15, 0.2) is 0 Å². The minimum absolute atomic E-state index is 0.0394. The molecule has 122 valence electrons. The van der Waals surface area contributed by atoms with Gasteiger partial charge in [0, 0.05) is 13.0 Å². The number of aliphatic carboxylic acids is 1. The molecule has 2 fully saturated rings. The van der Waals surface area contributed by atoms with Crippen LogP contribution in [-0.4, -0.2) is 32.7 Å². The first kappa shape index (κ1) is 17.5. The van der Waals surface area contributed by atoms with Gasteiger partial charge in [0.25, 0.3) is 5.91 Å². The van der Waals surface area contributed by atoms with Crippen molar-refractivity contribution in [1.29, 1.82) is 0 Å². The van der Waals surface area contributed by atoms with Crippen molar-refractivity contribution in [2.75, 3.05) is 6.54 Å². The number of hydrogen-bond acceptors (Lipinski definition) is 4. The molecule has 4 nitrogen and oxygen atoms in total. The molecule has 0 radical (unpaired) electrons. The van der Waals surface area contributed by atoms with E-state index in [1.807, 2.05) is 0 Å². The van der Waals surface area contributed by atoms with Crippen molar-refractivity contribution >= 4 is 40.2 Å². The van der Waals surface area contributed by atoms with Crippen LogP contribution in [0.2, 0.25) is 0 Å². The van der Waals surface area contributed by atoms with Crippen LogP contribution in [0.5, 0.6) is 0 Å². The molecule has 1 aliphatic carbocycles. The van der Waals surface area contributed by atoms with Crippen LogP contribution in [0.15, 0.2) is 11.0 Å². The molecule has 0 aromatic carbocycles. The van der Waals surface area contributed by atoms with E-state index in [0.717, 1.165) is 17.7 Å². The summed E-state index contributed by atoms with van der Waals surface area (Å²) in [7, 11) is 0. The molecule has 1 N–H and O–H groups in total. The van der Waals surface area contributed by atoms with E-state index in [9.17, 15) is 9.59 Å². The second-order valence-electron chi connectivity index (χ2n) is 5.96. The summed E-state index contributed by atoms with van der Waals surface area (Å²) >= 11 is 6.64. The van der Waals surface area contributed by atoms with Crippen LogP contribution in [-0.2, 0) is 9.59 Å². The van der Waals surface area contributed by atoms with Crippen LogP contribution in [0.25, 0.3) is 0 Å². The molecule has 22 heavy (non-hydrogen) atoms. The third kappa shape index (κ3) is 5.09. The van der Waals surface area contributed by atoms with Crippen molar-refractivity contribution in [3.63, 3.8) is 0 Å². The van der Waals surface area contributed by atoms with Gasteiger partial charge in [-0.15, -0.1) is 0 Å². The van der Waals surface area contributed by atoms with E-state index in [0.29, 0.717) is 23.2 Å². The van der Waals surface area contributed by atoms with Crippen molar-refractivity contribution in [2.24, 2.45) is 5.92 Å². The monoisotopic (exact) mass is 341 g/mol. The number of hydrogen-bond donors (Lipinski definition) is 1. The molecule has 1 heterocycles. The Labute approximate surface area is 141 Å². The van der Waals surface area contributed by atoms with Crippen molar-refractivity contribution in [1.82, 2.24) is 4.90 Å². The van der Waals surface area contributed by atoms with E-state index >= 15 is 0 Å². The zero-order valence-corrected chi connectivity index (χ0v) is 14.4. The van der Waals surface area contributed by atoms with Crippen LogP contribution < -0.4 is 0 Å². The summed E-state index contributed by atoms with van der Waals surface area (Å²) in [6.45, 7) is 0.402. The molecule has 0 unspecified atom stereocenters. The Hall–Kier alpha value is -0.880. The minimum Gasteiger partial charge on any atom is -0.481 e. The Morgan fingerprint density at radius 1 is 1.27 bits per heavy atom. The second kappa shape index (κ2) is 8.67. The quantitative estimate of drug-likeness (QED) is 0.606. The predicted molar refractivity (Wildman–Crippen MR) is 92.7 cm³/mol. The molecular weight excluding hydrogens is 318 g/mol. The summed E-state index contributed by atoms with van der Waals surface area (Å²) in [6.07, 6.45) is 11.3. The number of thiocarbonyl (C=S) groups is 1. The molecule has 0 aromatic rings. The standard InChI is InChI=1S/C16H23NO3S2/c18-14(19)9-6-10-17-15(20)13(22-16(17)21)11-12-7-4-2-1-3-5-8-12/h11-12H,1-10H2,(H,18,19)/b13-11-. The lowest BCUT2D eigenvalue weighted by molar-refractivity contribution is -0.137. The number of carbonyl (C=O) groups excluding carboxylic acids is 1. The lowest BCUT2D eigenvalue weighted by atomic mass is 9.91. The highest BCUT2D eigenvalue weighted by Gasteiger charge is 2.32. The van der Waals surface area contributed by atoms with Crippen LogP contribution in [0.1, 0.15) is 57.8 Å². The Balaban J connectivity index is 1.94. The van der Waals surface area contributed by atoms with Crippen LogP contribution in [0.3, 0.4) is 0 Å². The van der Waals surface area contributed by atoms with Gasteiger partial charge >= 0.3 is 5.97 Å². The molecule has 0 aromatic heterocycles. The van der Waals surface area contributed by atoms with E-state index in [2.05, 4.69) is 6.08 Å². The summed E-state index contributed by atoms with van der Waals surface area (Å²) in [4.78, 5) is 25.3. The minimum atomic E-state index is -0.837. The van der Waals surface area contributed by atoms with Crippen molar-refractivity contribution < 1.29 is 14.7 Å². The highest BCUT2D eigenvalue weighted by Crippen LogP contribution is 2.34. The normalized spacial score (nSPS) is 22.9. The summed E-state index contributed by atoms with van der Waals surface area (Å²) in [5.74, 6) is -0.397. The highest BCUT2D eigenvalue weighted by molar-refractivity contribution is 8.26. The summed E-state index contributed by atoms with van der Waals surface area (Å²) in [5.41, 5.74) is 0. The third-order valence-corrected chi connectivity index (χ3v) is 5.58. The van der Waals surface area contributed by atoms with Crippen LogP contribution >= 0.6 is 24.0 Å².